The summed E-state index contributed by atoms with van der Waals surface area (Å²) in [6.45, 7) is 0. The van der Waals surface area contributed by atoms with Gasteiger partial charge < -0.3 is 15.4 Å². The molecule has 3 amide bonds. The molecule has 2 N–H and O–H groups in total. The number of carbonyl (C=O) groups is 3. The zero-order valence-corrected chi connectivity index (χ0v) is 17.7. The number of amides is 3. The molecular formula is C24H18ClN3O4. The normalized spacial score (nSPS) is 13.4. The lowest BCUT2D eigenvalue weighted by Crippen LogP contribution is -2.32. The predicted octanol–water partition coefficient (Wildman–Crippen LogP) is 4.38. The second-order valence-electron chi connectivity index (χ2n) is 6.86. The molecule has 7 nitrogen and oxygen atoms in total. The Hall–Kier alpha value is -4.10. The van der Waals surface area contributed by atoms with Gasteiger partial charge in [-0.1, -0.05) is 35.9 Å². The van der Waals surface area contributed by atoms with Crippen LogP contribution in [0.5, 0.6) is 5.75 Å². The Balaban J connectivity index is 1.51. The number of halogens is 1. The van der Waals surface area contributed by atoms with E-state index in [-0.39, 0.29) is 16.6 Å². The number of hydrogen-bond acceptors (Lipinski definition) is 5. The van der Waals surface area contributed by atoms with Crippen molar-refractivity contribution >= 4 is 46.4 Å². The zero-order valence-electron chi connectivity index (χ0n) is 17.0. The van der Waals surface area contributed by atoms with E-state index in [0.717, 1.165) is 4.90 Å². The lowest BCUT2D eigenvalue weighted by atomic mass is 10.1. The maximum Gasteiger partial charge on any atom is 0.283 e. The van der Waals surface area contributed by atoms with Crippen LogP contribution in [0, 0.1) is 0 Å². The minimum atomic E-state index is -0.612. The number of imide groups is 1. The summed E-state index contributed by atoms with van der Waals surface area (Å²) < 4.78 is 5.11. The summed E-state index contributed by atoms with van der Waals surface area (Å²) in [6, 6.07) is 22.0. The van der Waals surface area contributed by atoms with Gasteiger partial charge >= 0.3 is 0 Å². The molecule has 8 heteroatoms. The summed E-state index contributed by atoms with van der Waals surface area (Å²) in [5.74, 6) is -0.837. The third-order valence-corrected chi connectivity index (χ3v) is 5.13. The molecule has 1 aliphatic heterocycles. The van der Waals surface area contributed by atoms with Gasteiger partial charge in [0, 0.05) is 16.9 Å². The predicted molar refractivity (Wildman–Crippen MR) is 123 cm³/mol. The molecule has 160 valence electrons. The Morgan fingerprint density at radius 2 is 1.59 bits per heavy atom. The fourth-order valence-corrected chi connectivity index (χ4v) is 3.40. The lowest BCUT2D eigenvalue weighted by Gasteiger charge is -2.15. The van der Waals surface area contributed by atoms with Crippen molar-refractivity contribution < 1.29 is 19.1 Å². The quantitative estimate of drug-likeness (QED) is 0.547. The van der Waals surface area contributed by atoms with Gasteiger partial charge in [0.25, 0.3) is 17.7 Å². The Morgan fingerprint density at radius 3 is 2.28 bits per heavy atom. The Labute approximate surface area is 189 Å². The van der Waals surface area contributed by atoms with E-state index in [9.17, 15) is 14.4 Å². The number of hydrogen-bond donors (Lipinski definition) is 2. The molecule has 32 heavy (non-hydrogen) atoms. The highest BCUT2D eigenvalue weighted by Gasteiger charge is 2.38. The molecule has 0 aromatic heterocycles. The molecule has 1 heterocycles. The number of carbonyl (C=O) groups excluding carboxylic acids is 3. The highest BCUT2D eigenvalue weighted by atomic mass is 35.5. The van der Waals surface area contributed by atoms with Gasteiger partial charge in [-0.05, 0) is 54.6 Å². The summed E-state index contributed by atoms with van der Waals surface area (Å²) in [6.07, 6.45) is 0. The van der Waals surface area contributed by atoms with Crippen LogP contribution in [0.2, 0.25) is 0 Å². The maximum absolute atomic E-state index is 12.9. The molecule has 1 aliphatic rings. The van der Waals surface area contributed by atoms with Crippen LogP contribution in [-0.4, -0.2) is 24.8 Å². The van der Waals surface area contributed by atoms with Crippen LogP contribution in [0.25, 0.3) is 0 Å². The molecule has 0 saturated carbocycles. The molecule has 0 saturated heterocycles. The van der Waals surface area contributed by atoms with Gasteiger partial charge in [0.05, 0.1) is 12.8 Å². The molecule has 0 fully saturated rings. The molecule has 0 bridgehead atoms. The van der Waals surface area contributed by atoms with Gasteiger partial charge in [-0.2, -0.15) is 0 Å². The largest absolute Gasteiger partial charge is 0.497 e. The minimum Gasteiger partial charge on any atom is -0.497 e. The van der Waals surface area contributed by atoms with Gasteiger partial charge in [-0.3, -0.25) is 14.4 Å². The molecule has 0 radical (unpaired) electrons. The second kappa shape index (κ2) is 8.95. The average molecular weight is 448 g/mol. The van der Waals surface area contributed by atoms with E-state index in [4.69, 9.17) is 16.3 Å². The second-order valence-corrected chi connectivity index (χ2v) is 7.24. The van der Waals surface area contributed by atoms with Crippen LogP contribution < -0.4 is 20.3 Å². The molecule has 0 spiro atoms. The minimum absolute atomic E-state index is 0.0479. The number of nitrogens with one attached hydrogen (secondary N) is 2. The van der Waals surface area contributed by atoms with Crippen molar-refractivity contribution in [3.8, 4) is 5.75 Å². The number of ether oxygens (including phenoxy) is 1. The summed E-state index contributed by atoms with van der Waals surface area (Å²) in [4.78, 5) is 39.0. The topological polar surface area (TPSA) is 87.7 Å². The van der Waals surface area contributed by atoms with Crippen LogP contribution in [-0.2, 0) is 9.59 Å². The standard InChI is InChI=1S/C24H18ClN3O4/c1-32-19-12-10-16(11-13-19)27-22(29)15-6-5-7-17(14-15)26-21-20(25)23(30)28(24(21)31)18-8-3-2-4-9-18/h2-14,26H,1H3,(H,27,29). The smallest absolute Gasteiger partial charge is 0.283 e. The number of anilines is 3. The third-order valence-electron chi connectivity index (χ3n) is 4.78. The van der Waals surface area contributed by atoms with E-state index in [0.29, 0.717) is 28.4 Å². The van der Waals surface area contributed by atoms with E-state index in [1.165, 1.54) is 0 Å². The SMILES string of the molecule is COc1ccc(NC(=O)c2cccc(NC3=C(Cl)C(=O)N(c4ccccc4)C3=O)c2)cc1. The van der Waals surface area contributed by atoms with Crippen LogP contribution in [0.1, 0.15) is 10.4 Å². The summed E-state index contributed by atoms with van der Waals surface area (Å²) >= 11 is 6.17. The van der Waals surface area contributed by atoms with Crippen LogP contribution in [0.15, 0.2) is 89.6 Å². The van der Waals surface area contributed by atoms with Crippen molar-refractivity contribution in [3.63, 3.8) is 0 Å². The number of benzene rings is 3. The van der Waals surface area contributed by atoms with Crippen molar-refractivity contribution in [1.82, 2.24) is 0 Å². The molecular weight excluding hydrogens is 430 g/mol. The monoisotopic (exact) mass is 447 g/mol. The lowest BCUT2D eigenvalue weighted by molar-refractivity contribution is -0.120. The highest BCUT2D eigenvalue weighted by Crippen LogP contribution is 2.30. The maximum atomic E-state index is 12.9. The third kappa shape index (κ3) is 4.19. The summed E-state index contributed by atoms with van der Waals surface area (Å²) in [5, 5.41) is 5.46. The Bertz CT molecular complexity index is 1220. The van der Waals surface area contributed by atoms with E-state index in [2.05, 4.69) is 10.6 Å². The van der Waals surface area contributed by atoms with Crippen molar-refractivity contribution in [2.24, 2.45) is 0 Å². The Morgan fingerprint density at radius 1 is 0.875 bits per heavy atom. The van der Waals surface area contributed by atoms with Crippen molar-refractivity contribution in [2.75, 3.05) is 22.6 Å². The highest BCUT2D eigenvalue weighted by molar-refractivity contribution is 6.53. The number of rotatable bonds is 6. The Kier molecular flexibility index (Phi) is 5.91. The van der Waals surface area contributed by atoms with Gasteiger partial charge in [-0.25, -0.2) is 4.90 Å². The van der Waals surface area contributed by atoms with Gasteiger partial charge in [0.2, 0.25) is 0 Å². The molecule has 0 unspecified atom stereocenters. The molecule has 4 rings (SSSR count). The van der Waals surface area contributed by atoms with Gasteiger partial charge in [0.15, 0.2) is 0 Å². The fraction of sp³-hybridized carbons (Fsp3) is 0.0417. The average Bonchev–Trinajstić information content (AvgIpc) is 3.03. The molecule has 0 atom stereocenters. The van der Waals surface area contributed by atoms with E-state index < -0.39 is 11.8 Å². The first kappa shape index (κ1) is 21.1. The van der Waals surface area contributed by atoms with Crippen LogP contribution in [0.3, 0.4) is 0 Å². The molecule has 3 aromatic rings. The van der Waals surface area contributed by atoms with Crippen molar-refractivity contribution in [3.05, 3.63) is 95.2 Å². The van der Waals surface area contributed by atoms with Gasteiger partial charge in [0.1, 0.15) is 16.5 Å². The zero-order chi connectivity index (χ0) is 22.7. The van der Waals surface area contributed by atoms with Crippen LogP contribution >= 0.6 is 11.6 Å². The number of nitrogens with zero attached hydrogens (tertiary/aromatic N) is 1. The van der Waals surface area contributed by atoms with Crippen LogP contribution in [0.4, 0.5) is 17.1 Å². The number of methoxy groups -OCH3 is 1. The summed E-state index contributed by atoms with van der Waals surface area (Å²) in [7, 11) is 1.56. The molecule has 3 aromatic carbocycles. The van der Waals surface area contributed by atoms with E-state index in [1.54, 1.807) is 86.0 Å². The van der Waals surface area contributed by atoms with E-state index in [1.807, 2.05) is 0 Å². The van der Waals surface area contributed by atoms with E-state index >= 15 is 0 Å². The first-order valence-corrected chi connectivity index (χ1v) is 10.0. The van der Waals surface area contributed by atoms with Crippen molar-refractivity contribution in [1.29, 1.82) is 0 Å². The van der Waals surface area contributed by atoms with Gasteiger partial charge in [-0.15, -0.1) is 0 Å². The molecule has 0 aliphatic carbocycles. The first-order chi connectivity index (χ1) is 15.5. The number of para-hydroxylation sites is 1. The fourth-order valence-electron chi connectivity index (χ4n) is 3.18. The first-order valence-electron chi connectivity index (χ1n) is 9.64. The summed E-state index contributed by atoms with van der Waals surface area (Å²) in [5.41, 5.74) is 1.78. The van der Waals surface area contributed by atoms with Crippen molar-refractivity contribution in [2.45, 2.75) is 0 Å².